The van der Waals surface area contributed by atoms with Gasteiger partial charge in [-0.15, -0.1) is 0 Å². The molecule has 20 heavy (non-hydrogen) atoms. The Balaban J connectivity index is 2.01. The molecule has 1 unspecified atom stereocenters. The van der Waals surface area contributed by atoms with Gasteiger partial charge in [-0.1, -0.05) is 45.9 Å². The average Bonchev–Trinajstić information content (AvgIpc) is 2.82. The second-order valence-electron chi connectivity index (χ2n) is 7.15. The van der Waals surface area contributed by atoms with Crippen LogP contribution in [0.4, 0.5) is 0 Å². The highest BCUT2D eigenvalue weighted by atomic mass is 14.9. The second kappa shape index (κ2) is 4.29. The van der Waals surface area contributed by atoms with Crippen LogP contribution in [0.5, 0.6) is 0 Å². The maximum Gasteiger partial charge on any atom is 0.0702 e. The van der Waals surface area contributed by atoms with E-state index in [1.54, 1.807) is 0 Å². The van der Waals surface area contributed by atoms with Crippen LogP contribution in [-0.2, 0) is 0 Å². The molecule has 1 aliphatic carbocycles. The number of rotatable bonds is 3. The first-order valence-corrected chi connectivity index (χ1v) is 7.41. The molecular weight excluding hydrogens is 244 g/mol. The Morgan fingerprint density at radius 1 is 1.10 bits per heavy atom. The molecular formula is C18H24N2. The Morgan fingerprint density at radius 2 is 1.75 bits per heavy atom. The Morgan fingerprint density at radius 3 is 2.35 bits per heavy atom. The van der Waals surface area contributed by atoms with Gasteiger partial charge in [-0.25, -0.2) is 0 Å². The highest BCUT2D eigenvalue weighted by Gasteiger charge is 2.67. The highest BCUT2D eigenvalue weighted by molar-refractivity contribution is 5.78. The molecule has 1 atom stereocenters. The molecule has 2 heteroatoms. The van der Waals surface area contributed by atoms with Gasteiger partial charge in [-0.05, 0) is 41.5 Å². The van der Waals surface area contributed by atoms with Gasteiger partial charge in [0.05, 0.1) is 5.52 Å². The molecule has 0 spiro atoms. The summed E-state index contributed by atoms with van der Waals surface area (Å²) in [5.74, 6) is 0.642. The van der Waals surface area contributed by atoms with Gasteiger partial charge in [-0.2, -0.15) is 0 Å². The molecule has 0 radical (unpaired) electrons. The van der Waals surface area contributed by atoms with Crippen molar-refractivity contribution in [1.82, 2.24) is 10.3 Å². The van der Waals surface area contributed by atoms with Crippen LogP contribution in [0.3, 0.4) is 0 Å². The van der Waals surface area contributed by atoms with Gasteiger partial charge in [0.25, 0.3) is 0 Å². The standard InChI is InChI=1S/C18H24N2/c1-17(2)16(18(17,3)4)15(19-5)13-10-12-8-6-7-9-14(12)20-11-13/h6-11,15-16,19H,1-5H3. The van der Waals surface area contributed by atoms with Crippen molar-refractivity contribution in [2.45, 2.75) is 33.7 Å². The number of fused-ring (bicyclic) bond motifs is 1. The molecule has 2 aromatic rings. The predicted molar refractivity (Wildman–Crippen MR) is 84.6 cm³/mol. The molecule has 2 nitrogen and oxygen atoms in total. The second-order valence-corrected chi connectivity index (χ2v) is 7.15. The first-order valence-electron chi connectivity index (χ1n) is 7.41. The molecule has 0 amide bonds. The van der Waals surface area contributed by atoms with E-state index in [1.807, 2.05) is 12.3 Å². The monoisotopic (exact) mass is 268 g/mol. The van der Waals surface area contributed by atoms with E-state index in [9.17, 15) is 0 Å². The zero-order valence-electron chi connectivity index (χ0n) is 13.1. The van der Waals surface area contributed by atoms with Crippen LogP contribution in [-0.4, -0.2) is 12.0 Å². The number of para-hydroxylation sites is 1. The zero-order valence-corrected chi connectivity index (χ0v) is 13.1. The lowest BCUT2D eigenvalue weighted by Gasteiger charge is -2.19. The molecule has 0 bridgehead atoms. The summed E-state index contributed by atoms with van der Waals surface area (Å²) in [5.41, 5.74) is 3.11. The summed E-state index contributed by atoms with van der Waals surface area (Å²) in [5, 5.41) is 4.74. The SMILES string of the molecule is CNC(c1cnc2ccccc2c1)C1C(C)(C)C1(C)C. The minimum absolute atomic E-state index is 0.367. The highest BCUT2D eigenvalue weighted by Crippen LogP contribution is 2.72. The predicted octanol–water partition coefficient (Wildman–Crippen LogP) is 4.18. The van der Waals surface area contributed by atoms with Crippen LogP contribution in [0.1, 0.15) is 39.3 Å². The number of benzene rings is 1. The smallest absolute Gasteiger partial charge is 0.0702 e. The quantitative estimate of drug-likeness (QED) is 0.903. The van der Waals surface area contributed by atoms with Gasteiger partial charge < -0.3 is 5.32 Å². The number of pyridine rings is 1. The third kappa shape index (κ3) is 1.78. The molecule has 1 heterocycles. The van der Waals surface area contributed by atoms with Gasteiger partial charge in [0.2, 0.25) is 0 Å². The van der Waals surface area contributed by atoms with Crippen molar-refractivity contribution in [2.24, 2.45) is 16.7 Å². The van der Waals surface area contributed by atoms with E-state index in [2.05, 4.69) is 69.3 Å². The fraction of sp³-hybridized carbons (Fsp3) is 0.500. The van der Waals surface area contributed by atoms with Crippen LogP contribution in [0.25, 0.3) is 10.9 Å². The maximum atomic E-state index is 4.62. The first kappa shape index (κ1) is 13.6. The number of hydrogen-bond acceptors (Lipinski definition) is 2. The fourth-order valence-electron chi connectivity index (χ4n) is 3.86. The molecule has 1 aromatic carbocycles. The largest absolute Gasteiger partial charge is 0.313 e. The average molecular weight is 268 g/mol. The molecule has 106 valence electrons. The number of hydrogen-bond donors (Lipinski definition) is 1. The van der Waals surface area contributed by atoms with Gasteiger partial charge in [0, 0.05) is 17.6 Å². The summed E-state index contributed by atoms with van der Waals surface area (Å²) in [6.45, 7) is 9.49. The molecule has 1 aliphatic rings. The Kier molecular flexibility index (Phi) is 2.91. The van der Waals surface area contributed by atoms with Crippen molar-refractivity contribution in [2.75, 3.05) is 7.05 Å². The number of nitrogens with zero attached hydrogens (tertiary/aromatic N) is 1. The lowest BCUT2D eigenvalue weighted by atomic mass is 9.97. The summed E-state index contributed by atoms with van der Waals surface area (Å²) in [6, 6.07) is 11.0. The Hall–Kier alpha value is -1.41. The van der Waals surface area contributed by atoms with E-state index < -0.39 is 0 Å². The third-order valence-electron chi connectivity index (χ3n) is 5.75. The van der Waals surface area contributed by atoms with E-state index in [0.717, 1.165) is 5.52 Å². The summed E-state index contributed by atoms with van der Waals surface area (Å²) >= 11 is 0. The lowest BCUT2D eigenvalue weighted by molar-refractivity contribution is 0.437. The van der Waals surface area contributed by atoms with E-state index in [4.69, 9.17) is 0 Å². The van der Waals surface area contributed by atoms with Crippen molar-refractivity contribution in [3.05, 3.63) is 42.1 Å². The van der Waals surface area contributed by atoms with Gasteiger partial charge in [-0.3, -0.25) is 4.98 Å². The van der Waals surface area contributed by atoms with Gasteiger partial charge in [0.1, 0.15) is 0 Å². The van der Waals surface area contributed by atoms with Crippen LogP contribution < -0.4 is 5.32 Å². The van der Waals surface area contributed by atoms with E-state index in [0.29, 0.717) is 22.8 Å². The minimum atomic E-state index is 0.367. The Labute approximate surface area is 121 Å². The van der Waals surface area contributed by atoms with Crippen molar-refractivity contribution in [3.63, 3.8) is 0 Å². The van der Waals surface area contributed by atoms with Gasteiger partial charge in [0.15, 0.2) is 0 Å². The molecule has 3 rings (SSSR count). The maximum absolute atomic E-state index is 4.62. The van der Waals surface area contributed by atoms with Crippen LogP contribution in [0.2, 0.25) is 0 Å². The first-order chi connectivity index (χ1) is 9.39. The zero-order chi connectivity index (χ0) is 14.5. The van der Waals surface area contributed by atoms with Crippen molar-refractivity contribution < 1.29 is 0 Å². The van der Waals surface area contributed by atoms with Crippen molar-refractivity contribution >= 4 is 10.9 Å². The van der Waals surface area contributed by atoms with E-state index in [-0.39, 0.29) is 0 Å². The van der Waals surface area contributed by atoms with Crippen LogP contribution in [0.15, 0.2) is 36.5 Å². The van der Waals surface area contributed by atoms with Crippen LogP contribution in [0, 0.1) is 16.7 Å². The van der Waals surface area contributed by atoms with Crippen molar-refractivity contribution in [1.29, 1.82) is 0 Å². The lowest BCUT2D eigenvalue weighted by Crippen LogP contribution is -2.21. The molecule has 0 saturated heterocycles. The van der Waals surface area contributed by atoms with E-state index >= 15 is 0 Å². The Bertz CT molecular complexity index is 629. The molecule has 1 saturated carbocycles. The summed E-state index contributed by atoms with van der Waals surface area (Å²) in [7, 11) is 2.06. The fourth-order valence-corrected chi connectivity index (χ4v) is 3.86. The van der Waals surface area contributed by atoms with E-state index in [1.165, 1.54) is 10.9 Å². The molecule has 1 aromatic heterocycles. The number of aromatic nitrogens is 1. The van der Waals surface area contributed by atoms with Gasteiger partial charge >= 0.3 is 0 Å². The topological polar surface area (TPSA) is 24.9 Å². The van der Waals surface area contributed by atoms with Crippen molar-refractivity contribution in [3.8, 4) is 0 Å². The summed E-state index contributed by atoms with van der Waals surface area (Å²) in [6.07, 6.45) is 2.04. The normalized spacial score (nSPS) is 21.9. The van der Waals surface area contributed by atoms with Crippen LogP contribution >= 0.6 is 0 Å². The number of nitrogens with one attached hydrogen (secondary N) is 1. The molecule has 1 fully saturated rings. The minimum Gasteiger partial charge on any atom is -0.313 e. The summed E-state index contributed by atoms with van der Waals surface area (Å²) in [4.78, 5) is 4.62. The third-order valence-corrected chi connectivity index (χ3v) is 5.75. The summed E-state index contributed by atoms with van der Waals surface area (Å²) < 4.78 is 0. The molecule has 1 N–H and O–H groups in total. The molecule has 0 aliphatic heterocycles.